The second-order valence-corrected chi connectivity index (χ2v) is 6.36. The van der Waals surface area contributed by atoms with E-state index in [0.29, 0.717) is 0 Å². The molecule has 3 heteroatoms. The van der Waals surface area contributed by atoms with Gasteiger partial charge in [-0.05, 0) is 59.1 Å². The van der Waals surface area contributed by atoms with E-state index >= 15 is 0 Å². The largest absolute Gasteiger partial charge is 0.350 e. The fourth-order valence-corrected chi connectivity index (χ4v) is 1.99. The maximum Gasteiger partial charge on any atom is 0.237 e. The van der Waals surface area contributed by atoms with E-state index < -0.39 is 0 Å². The Morgan fingerprint density at radius 1 is 1.15 bits per heavy atom. The smallest absolute Gasteiger partial charge is 0.237 e. The number of amides is 1. The molecule has 0 aliphatic rings. The van der Waals surface area contributed by atoms with E-state index in [4.69, 9.17) is 0 Å². The number of unbranched alkanes of at least 4 members (excludes halogenated alkanes) is 1. The molecule has 0 saturated carbocycles. The van der Waals surface area contributed by atoms with Crippen LogP contribution in [0.1, 0.15) is 46.1 Å². The van der Waals surface area contributed by atoms with Gasteiger partial charge >= 0.3 is 0 Å². The van der Waals surface area contributed by atoms with Crippen LogP contribution in [0.15, 0.2) is 30.3 Å². The lowest BCUT2D eigenvalue weighted by molar-refractivity contribution is -0.124. The molecular weight excluding hydrogens is 248 g/mol. The first-order valence-electron chi connectivity index (χ1n) is 7.48. The van der Waals surface area contributed by atoms with Crippen LogP contribution < -0.4 is 10.6 Å². The average Bonchev–Trinajstić information content (AvgIpc) is 2.37. The fraction of sp³-hybridized carbons (Fsp3) is 0.588. The monoisotopic (exact) mass is 276 g/mol. The Morgan fingerprint density at radius 3 is 2.40 bits per heavy atom. The van der Waals surface area contributed by atoms with Crippen LogP contribution in [0, 0.1) is 0 Å². The van der Waals surface area contributed by atoms with Crippen molar-refractivity contribution in [2.45, 2.75) is 58.5 Å². The zero-order chi connectivity index (χ0) is 15.0. The minimum atomic E-state index is -0.166. The van der Waals surface area contributed by atoms with E-state index in [0.717, 1.165) is 25.8 Å². The van der Waals surface area contributed by atoms with Crippen molar-refractivity contribution < 1.29 is 4.79 Å². The topological polar surface area (TPSA) is 41.1 Å². The van der Waals surface area contributed by atoms with Crippen LogP contribution in [-0.4, -0.2) is 24.0 Å². The highest BCUT2D eigenvalue weighted by atomic mass is 16.2. The molecule has 1 aromatic carbocycles. The number of hydrogen-bond donors (Lipinski definition) is 2. The predicted molar refractivity (Wildman–Crippen MR) is 84.7 cm³/mol. The molecule has 0 saturated heterocycles. The van der Waals surface area contributed by atoms with Gasteiger partial charge in [-0.2, -0.15) is 0 Å². The summed E-state index contributed by atoms with van der Waals surface area (Å²) in [5, 5.41) is 6.26. The summed E-state index contributed by atoms with van der Waals surface area (Å²) in [6.07, 6.45) is 3.33. The van der Waals surface area contributed by atoms with Gasteiger partial charge < -0.3 is 10.6 Å². The number of hydrogen-bond acceptors (Lipinski definition) is 2. The molecule has 20 heavy (non-hydrogen) atoms. The van der Waals surface area contributed by atoms with Crippen LogP contribution >= 0.6 is 0 Å². The first kappa shape index (κ1) is 16.7. The third-order valence-corrected chi connectivity index (χ3v) is 3.08. The molecule has 1 rings (SSSR count). The number of rotatable bonds is 7. The molecule has 0 heterocycles. The van der Waals surface area contributed by atoms with E-state index in [1.165, 1.54) is 5.56 Å². The number of aryl methyl sites for hydroxylation is 1. The summed E-state index contributed by atoms with van der Waals surface area (Å²) in [5.41, 5.74) is 1.21. The van der Waals surface area contributed by atoms with Gasteiger partial charge in [0.2, 0.25) is 5.91 Å². The molecule has 1 unspecified atom stereocenters. The van der Waals surface area contributed by atoms with Crippen molar-refractivity contribution in [2.75, 3.05) is 6.54 Å². The van der Waals surface area contributed by atoms with Crippen LogP contribution in [0.4, 0.5) is 0 Å². The highest BCUT2D eigenvalue weighted by Crippen LogP contribution is 2.04. The molecule has 1 amide bonds. The van der Waals surface area contributed by atoms with Gasteiger partial charge in [-0.3, -0.25) is 4.79 Å². The van der Waals surface area contributed by atoms with Crippen LogP contribution in [0.3, 0.4) is 0 Å². The van der Waals surface area contributed by atoms with Crippen LogP contribution in [0.2, 0.25) is 0 Å². The highest BCUT2D eigenvalue weighted by Gasteiger charge is 2.18. The summed E-state index contributed by atoms with van der Waals surface area (Å²) in [6, 6.07) is 10.4. The molecular formula is C17H28N2O. The summed E-state index contributed by atoms with van der Waals surface area (Å²) in [5.74, 6) is 0.0700. The van der Waals surface area contributed by atoms with E-state index in [9.17, 15) is 4.79 Å². The molecule has 0 aromatic heterocycles. The van der Waals surface area contributed by atoms with Gasteiger partial charge in [0.1, 0.15) is 0 Å². The van der Waals surface area contributed by atoms with Gasteiger partial charge in [0, 0.05) is 5.54 Å². The molecule has 0 radical (unpaired) electrons. The molecule has 0 spiro atoms. The molecule has 2 N–H and O–H groups in total. The Labute approximate surface area is 123 Å². The van der Waals surface area contributed by atoms with E-state index in [1.807, 2.05) is 33.8 Å². The number of carbonyl (C=O) groups is 1. The lowest BCUT2D eigenvalue weighted by Gasteiger charge is -2.23. The third kappa shape index (κ3) is 7.29. The van der Waals surface area contributed by atoms with Crippen LogP contribution in [-0.2, 0) is 11.2 Å². The Hall–Kier alpha value is -1.35. The van der Waals surface area contributed by atoms with Crippen molar-refractivity contribution >= 4 is 5.91 Å². The van der Waals surface area contributed by atoms with Crippen molar-refractivity contribution in [1.29, 1.82) is 0 Å². The first-order valence-corrected chi connectivity index (χ1v) is 7.48. The second-order valence-electron chi connectivity index (χ2n) is 6.36. The Bertz CT molecular complexity index is 395. The molecule has 112 valence electrons. The van der Waals surface area contributed by atoms with Gasteiger partial charge in [0.25, 0.3) is 0 Å². The molecule has 0 aliphatic heterocycles. The second kappa shape index (κ2) is 8.05. The summed E-state index contributed by atoms with van der Waals surface area (Å²) in [4.78, 5) is 11.9. The minimum Gasteiger partial charge on any atom is -0.350 e. The van der Waals surface area contributed by atoms with Crippen molar-refractivity contribution in [3.8, 4) is 0 Å². The molecule has 3 nitrogen and oxygen atoms in total. The Morgan fingerprint density at radius 2 is 1.80 bits per heavy atom. The maximum absolute atomic E-state index is 11.9. The fourth-order valence-electron chi connectivity index (χ4n) is 1.99. The number of carbonyl (C=O) groups excluding carboxylic acids is 1. The van der Waals surface area contributed by atoms with Crippen LogP contribution in [0.25, 0.3) is 0 Å². The van der Waals surface area contributed by atoms with Crippen molar-refractivity contribution in [2.24, 2.45) is 0 Å². The quantitative estimate of drug-likeness (QED) is 0.752. The molecule has 1 aromatic rings. The average molecular weight is 276 g/mol. The van der Waals surface area contributed by atoms with E-state index in [-0.39, 0.29) is 17.5 Å². The zero-order valence-electron chi connectivity index (χ0n) is 13.2. The molecule has 0 bridgehead atoms. The van der Waals surface area contributed by atoms with Crippen LogP contribution in [0.5, 0.6) is 0 Å². The molecule has 1 atom stereocenters. The Balaban J connectivity index is 2.13. The first-order chi connectivity index (χ1) is 9.38. The van der Waals surface area contributed by atoms with Gasteiger partial charge in [0.15, 0.2) is 0 Å². The Kier molecular flexibility index (Phi) is 6.73. The van der Waals surface area contributed by atoms with Crippen molar-refractivity contribution in [3.63, 3.8) is 0 Å². The maximum atomic E-state index is 11.9. The van der Waals surface area contributed by atoms with Gasteiger partial charge in [-0.1, -0.05) is 30.3 Å². The lowest BCUT2D eigenvalue weighted by Crippen LogP contribution is -2.49. The normalized spacial score (nSPS) is 13.0. The van der Waals surface area contributed by atoms with Gasteiger partial charge in [-0.15, -0.1) is 0 Å². The summed E-state index contributed by atoms with van der Waals surface area (Å²) >= 11 is 0. The summed E-state index contributed by atoms with van der Waals surface area (Å²) in [7, 11) is 0. The van der Waals surface area contributed by atoms with Crippen molar-refractivity contribution in [1.82, 2.24) is 10.6 Å². The highest BCUT2D eigenvalue weighted by molar-refractivity contribution is 5.81. The molecule has 0 fully saturated rings. The number of nitrogens with one attached hydrogen (secondary N) is 2. The summed E-state index contributed by atoms with van der Waals surface area (Å²) in [6.45, 7) is 8.79. The molecule has 0 aliphatic carbocycles. The standard InChI is InChI=1S/C17H28N2O/c1-14(16(20)19-17(2,3)4)18-13-9-8-12-15-10-6-5-7-11-15/h5-7,10-11,14,18H,8-9,12-13H2,1-4H3,(H,19,20). The lowest BCUT2D eigenvalue weighted by atomic mass is 10.1. The third-order valence-electron chi connectivity index (χ3n) is 3.08. The predicted octanol–water partition coefficient (Wildman–Crippen LogP) is 2.90. The summed E-state index contributed by atoms with van der Waals surface area (Å²) < 4.78 is 0. The van der Waals surface area contributed by atoms with E-state index in [1.54, 1.807) is 0 Å². The van der Waals surface area contributed by atoms with E-state index in [2.05, 4.69) is 34.9 Å². The zero-order valence-corrected chi connectivity index (χ0v) is 13.2. The van der Waals surface area contributed by atoms with Gasteiger partial charge in [-0.25, -0.2) is 0 Å². The SMILES string of the molecule is CC(NCCCCc1ccccc1)C(=O)NC(C)(C)C. The number of benzene rings is 1. The minimum absolute atomic E-state index is 0.0700. The van der Waals surface area contributed by atoms with Gasteiger partial charge in [0.05, 0.1) is 6.04 Å². The van der Waals surface area contributed by atoms with Crippen molar-refractivity contribution in [3.05, 3.63) is 35.9 Å².